The highest BCUT2D eigenvalue weighted by Gasteiger charge is 2.33. The number of ether oxygens (including phenoxy) is 1. The molecule has 2 aromatic rings. The number of phenolic OH excluding ortho intramolecular Hbond substituents is 3. The van der Waals surface area contributed by atoms with E-state index in [4.69, 9.17) is 4.74 Å². The summed E-state index contributed by atoms with van der Waals surface area (Å²) in [5.74, 6) is -0.715. The number of allylic oxidation sites excluding steroid dienone is 3. The number of anilines is 3. The molecule has 1 atom stereocenters. The number of nitrogens with zero attached hydrogens (tertiary/aromatic N) is 2. The first kappa shape index (κ1) is 28.1. The number of fused-ring (bicyclic) bond motifs is 2. The molecule has 1 aliphatic heterocycles. The first-order valence-corrected chi connectivity index (χ1v) is 12.7. The van der Waals surface area contributed by atoms with Crippen molar-refractivity contribution in [3.8, 4) is 17.2 Å². The van der Waals surface area contributed by atoms with Gasteiger partial charge in [-0.05, 0) is 71.9 Å². The van der Waals surface area contributed by atoms with Gasteiger partial charge in [0.2, 0.25) is 0 Å². The van der Waals surface area contributed by atoms with Crippen LogP contribution in [0.5, 0.6) is 17.2 Å². The van der Waals surface area contributed by atoms with E-state index in [-0.39, 0.29) is 35.3 Å². The number of rotatable bonds is 10. The third-order valence-corrected chi connectivity index (χ3v) is 7.12. The maximum absolute atomic E-state index is 13.6. The lowest BCUT2D eigenvalue weighted by molar-refractivity contribution is -0.00881. The minimum Gasteiger partial charge on any atom is -0.508 e. The number of methoxy groups -OCH3 is 1. The molecule has 2 aromatic carbocycles. The van der Waals surface area contributed by atoms with Crippen LogP contribution in [0, 0.1) is 0 Å². The molecule has 0 aliphatic carbocycles. The minimum atomic E-state index is -0.322. The number of para-hydroxylation sites is 1. The van der Waals surface area contributed by atoms with Crippen LogP contribution in [0.4, 0.5) is 17.1 Å². The number of hydrogen-bond donors (Lipinski definition) is 3. The van der Waals surface area contributed by atoms with Crippen molar-refractivity contribution >= 4 is 23.0 Å². The zero-order valence-electron chi connectivity index (χ0n) is 22.8. The Hall–Kier alpha value is -3.45. The van der Waals surface area contributed by atoms with Gasteiger partial charge in [-0.3, -0.25) is 4.79 Å². The zero-order chi connectivity index (χ0) is 27.3. The van der Waals surface area contributed by atoms with Crippen molar-refractivity contribution in [3.05, 3.63) is 59.2 Å². The number of carbonyl (C=O) groups is 1. The standard InChI is InChI=1S/C30H40N2O5/c1-20(2)10-8-15-30(4,37-6)16-9-11-21(3)14-17-32-24-18-22(33)19-26(35)28(24)31(5)27-23(29(32)36)12-7-13-25(27)34/h7,10,12-14,18-19,33-35H,8-9,11,15-17H2,1-6H3. The average molecular weight is 509 g/mol. The maximum atomic E-state index is 13.6. The van der Waals surface area contributed by atoms with Crippen molar-refractivity contribution < 1.29 is 24.9 Å². The number of aromatic hydroxyl groups is 3. The Bertz CT molecular complexity index is 1200. The van der Waals surface area contributed by atoms with Crippen LogP contribution in [-0.2, 0) is 4.74 Å². The zero-order valence-corrected chi connectivity index (χ0v) is 22.8. The van der Waals surface area contributed by atoms with Crippen molar-refractivity contribution in [2.45, 2.75) is 65.4 Å². The third kappa shape index (κ3) is 6.46. The summed E-state index contributed by atoms with van der Waals surface area (Å²) in [6.07, 6.45) is 8.93. The second-order valence-electron chi connectivity index (χ2n) is 10.4. The second kappa shape index (κ2) is 11.7. The van der Waals surface area contributed by atoms with Crippen molar-refractivity contribution in [3.63, 3.8) is 0 Å². The third-order valence-electron chi connectivity index (χ3n) is 7.12. The second-order valence-corrected chi connectivity index (χ2v) is 10.4. The highest BCUT2D eigenvalue weighted by Crippen LogP contribution is 2.49. The van der Waals surface area contributed by atoms with Crippen LogP contribution in [0.3, 0.4) is 0 Å². The monoisotopic (exact) mass is 508 g/mol. The molecule has 0 spiro atoms. The Labute approximate surface area is 220 Å². The largest absolute Gasteiger partial charge is 0.508 e. The van der Waals surface area contributed by atoms with Gasteiger partial charge in [-0.1, -0.05) is 29.4 Å². The van der Waals surface area contributed by atoms with E-state index in [1.807, 2.05) is 13.0 Å². The molecule has 200 valence electrons. The summed E-state index contributed by atoms with van der Waals surface area (Å²) in [7, 11) is 3.45. The molecular formula is C30H40N2O5. The van der Waals surface area contributed by atoms with Gasteiger partial charge in [0, 0.05) is 32.8 Å². The van der Waals surface area contributed by atoms with Gasteiger partial charge in [0.1, 0.15) is 22.9 Å². The topological polar surface area (TPSA) is 93.5 Å². The molecule has 0 bridgehead atoms. The Kier molecular flexibility index (Phi) is 8.92. The summed E-state index contributed by atoms with van der Waals surface area (Å²) < 4.78 is 5.82. The smallest absolute Gasteiger partial charge is 0.260 e. The molecule has 0 fully saturated rings. The van der Waals surface area contributed by atoms with E-state index in [1.165, 1.54) is 28.7 Å². The SMILES string of the molecule is COC(C)(CCC=C(C)C)CCCC(C)=CCN1C(=O)c2cccc(O)c2N(C)c2c(O)cc(O)cc21. The fourth-order valence-electron chi connectivity index (χ4n) is 4.83. The Morgan fingerprint density at radius 1 is 1.03 bits per heavy atom. The minimum absolute atomic E-state index is 0.0638. The lowest BCUT2D eigenvalue weighted by atomic mass is 9.92. The molecule has 7 nitrogen and oxygen atoms in total. The molecule has 0 saturated heterocycles. The van der Waals surface area contributed by atoms with Gasteiger partial charge >= 0.3 is 0 Å². The van der Waals surface area contributed by atoms with Gasteiger partial charge < -0.3 is 29.9 Å². The van der Waals surface area contributed by atoms with E-state index in [1.54, 1.807) is 31.2 Å². The molecule has 0 saturated carbocycles. The molecule has 1 aliphatic rings. The average Bonchev–Trinajstić information content (AvgIpc) is 2.91. The highest BCUT2D eigenvalue weighted by atomic mass is 16.5. The number of benzene rings is 2. The summed E-state index contributed by atoms with van der Waals surface area (Å²) in [5.41, 5.74) is 3.60. The molecule has 0 aromatic heterocycles. The summed E-state index contributed by atoms with van der Waals surface area (Å²) >= 11 is 0. The maximum Gasteiger partial charge on any atom is 0.260 e. The van der Waals surface area contributed by atoms with E-state index in [2.05, 4.69) is 26.8 Å². The summed E-state index contributed by atoms with van der Waals surface area (Å²) in [5, 5.41) is 31.4. The van der Waals surface area contributed by atoms with Gasteiger partial charge in [-0.25, -0.2) is 0 Å². The highest BCUT2D eigenvalue weighted by molar-refractivity contribution is 6.15. The first-order chi connectivity index (χ1) is 17.5. The molecule has 3 N–H and O–H groups in total. The summed E-state index contributed by atoms with van der Waals surface area (Å²) in [4.78, 5) is 16.8. The van der Waals surface area contributed by atoms with Crippen LogP contribution >= 0.6 is 0 Å². The van der Waals surface area contributed by atoms with Crippen molar-refractivity contribution in [1.29, 1.82) is 0 Å². The van der Waals surface area contributed by atoms with Gasteiger partial charge in [-0.2, -0.15) is 0 Å². The van der Waals surface area contributed by atoms with E-state index < -0.39 is 0 Å². The number of phenols is 3. The van der Waals surface area contributed by atoms with Crippen LogP contribution in [0.15, 0.2) is 53.6 Å². The number of amides is 1. The van der Waals surface area contributed by atoms with Crippen LogP contribution in [-0.4, -0.2) is 47.5 Å². The Morgan fingerprint density at radius 2 is 1.76 bits per heavy atom. The number of hydrogen-bond acceptors (Lipinski definition) is 6. The van der Waals surface area contributed by atoms with Gasteiger partial charge in [0.05, 0.1) is 22.5 Å². The van der Waals surface area contributed by atoms with Crippen molar-refractivity contribution in [1.82, 2.24) is 0 Å². The van der Waals surface area contributed by atoms with Gasteiger partial charge in [0.15, 0.2) is 0 Å². The molecule has 7 heteroatoms. The quantitative estimate of drug-likeness (QED) is 0.306. The number of carbonyl (C=O) groups excluding carboxylic acids is 1. The summed E-state index contributed by atoms with van der Waals surface area (Å²) in [6.45, 7) is 8.66. The summed E-state index contributed by atoms with van der Waals surface area (Å²) in [6, 6.07) is 7.48. The molecule has 3 rings (SSSR count). The molecule has 1 unspecified atom stereocenters. The first-order valence-electron chi connectivity index (χ1n) is 12.7. The Balaban J connectivity index is 1.81. The van der Waals surface area contributed by atoms with Crippen LogP contribution in [0.2, 0.25) is 0 Å². The van der Waals surface area contributed by atoms with Crippen molar-refractivity contribution in [2.24, 2.45) is 0 Å². The van der Waals surface area contributed by atoms with Crippen LogP contribution < -0.4 is 9.80 Å². The molecule has 0 radical (unpaired) electrons. The Morgan fingerprint density at radius 3 is 2.43 bits per heavy atom. The van der Waals surface area contributed by atoms with Crippen LogP contribution in [0.1, 0.15) is 70.2 Å². The molecule has 1 amide bonds. The lowest BCUT2D eigenvalue weighted by Crippen LogP contribution is -2.30. The van der Waals surface area contributed by atoms with Crippen molar-refractivity contribution in [2.75, 3.05) is 30.5 Å². The van der Waals surface area contributed by atoms with E-state index >= 15 is 0 Å². The fraction of sp³-hybridized carbons (Fsp3) is 0.433. The van der Waals surface area contributed by atoms with Gasteiger partial charge in [-0.15, -0.1) is 0 Å². The van der Waals surface area contributed by atoms with E-state index in [0.29, 0.717) is 22.6 Å². The predicted molar refractivity (Wildman–Crippen MR) is 149 cm³/mol. The lowest BCUT2D eigenvalue weighted by Gasteiger charge is -2.28. The van der Waals surface area contributed by atoms with Gasteiger partial charge in [0.25, 0.3) is 5.91 Å². The molecule has 37 heavy (non-hydrogen) atoms. The molecular weight excluding hydrogens is 468 g/mol. The molecule has 1 heterocycles. The van der Waals surface area contributed by atoms with E-state index in [9.17, 15) is 20.1 Å². The van der Waals surface area contributed by atoms with E-state index in [0.717, 1.165) is 37.7 Å². The normalized spacial score (nSPS) is 15.1. The van der Waals surface area contributed by atoms with Crippen LogP contribution in [0.25, 0.3) is 0 Å². The predicted octanol–water partition coefficient (Wildman–Crippen LogP) is 6.80. The fourth-order valence-corrected chi connectivity index (χ4v) is 4.83.